The van der Waals surface area contributed by atoms with Gasteiger partial charge in [-0.2, -0.15) is 0 Å². The fraction of sp³-hybridized carbons (Fsp3) is 0.286. The molecule has 0 saturated carbocycles. The van der Waals surface area contributed by atoms with Crippen molar-refractivity contribution in [3.8, 4) is 0 Å². The fourth-order valence-electron chi connectivity index (χ4n) is 3.54. The van der Waals surface area contributed by atoms with Gasteiger partial charge in [0.05, 0.1) is 17.4 Å². The Labute approximate surface area is 184 Å². The minimum absolute atomic E-state index is 0.0636. The zero-order valence-corrected chi connectivity index (χ0v) is 18.0. The highest BCUT2D eigenvalue weighted by Gasteiger charge is 2.43. The Hall–Kier alpha value is -2.39. The molecule has 3 atom stereocenters. The van der Waals surface area contributed by atoms with Crippen molar-refractivity contribution in [1.82, 2.24) is 16.2 Å². The average Bonchev–Trinajstić information content (AvgIpc) is 3.12. The van der Waals surface area contributed by atoms with E-state index >= 15 is 0 Å². The molecule has 2 aromatic carbocycles. The van der Waals surface area contributed by atoms with Gasteiger partial charge in [-0.1, -0.05) is 59.8 Å². The van der Waals surface area contributed by atoms with E-state index in [4.69, 9.17) is 22.0 Å². The van der Waals surface area contributed by atoms with E-state index in [2.05, 4.69) is 16.2 Å². The van der Waals surface area contributed by atoms with Crippen LogP contribution in [0.1, 0.15) is 12.5 Å². The van der Waals surface area contributed by atoms with Crippen LogP contribution in [-0.2, 0) is 11.3 Å². The quantitative estimate of drug-likeness (QED) is 0.571. The van der Waals surface area contributed by atoms with Gasteiger partial charge >= 0.3 is 0 Å². The number of thioether (sulfide) groups is 1. The summed E-state index contributed by atoms with van der Waals surface area (Å²) in [7, 11) is 0. The van der Waals surface area contributed by atoms with Crippen molar-refractivity contribution in [3.63, 3.8) is 0 Å². The van der Waals surface area contributed by atoms with E-state index in [9.17, 15) is 4.79 Å². The van der Waals surface area contributed by atoms with Gasteiger partial charge in [-0.3, -0.25) is 20.5 Å². The highest BCUT2D eigenvalue weighted by molar-refractivity contribution is 8.14. The highest BCUT2D eigenvalue weighted by atomic mass is 35.5. The van der Waals surface area contributed by atoms with Crippen molar-refractivity contribution < 1.29 is 4.79 Å². The first-order chi connectivity index (χ1) is 14.5. The number of nitrogens with zero attached hydrogens (tertiary/aromatic N) is 2. The van der Waals surface area contributed by atoms with Crippen LogP contribution < -0.4 is 21.1 Å². The van der Waals surface area contributed by atoms with E-state index in [0.717, 1.165) is 11.3 Å². The van der Waals surface area contributed by atoms with Gasteiger partial charge in [-0.25, -0.2) is 10.4 Å². The van der Waals surface area contributed by atoms with E-state index in [1.807, 2.05) is 55.5 Å². The number of rotatable bonds is 5. The smallest absolute Gasteiger partial charge is 0.230 e. The molecule has 2 heterocycles. The maximum absolute atomic E-state index is 12.4. The Morgan fingerprint density at radius 1 is 1.23 bits per heavy atom. The van der Waals surface area contributed by atoms with Crippen LogP contribution in [0, 0.1) is 11.3 Å². The van der Waals surface area contributed by atoms with E-state index in [1.54, 1.807) is 11.0 Å². The van der Waals surface area contributed by atoms with Gasteiger partial charge in [0.25, 0.3) is 0 Å². The third kappa shape index (κ3) is 4.52. The fourth-order valence-corrected chi connectivity index (χ4v) is 4.61. The van der Waals surface area contributed by atoms with Crippen molar-refractivity contribution >= 4 is 46.0 Å². The van der Waals surface area contributed by atoms with Crippen molar-refractivity contribution in [2.45, 2.75) is 25.7 Å². The molecule has 0 bridgehead atoms. The molecule has 156 valence electrons. The molecular formula is C21H23ClN6OS. The molecule has 1 fully saturated rings. The second-order valence-corrected chi connectivity index (χ2v) is 8.59. The number of halogens is 1. The van der Waals surface area contributed by atoms with Crippen molar-refractivity contribution in [2.75, 3.05) is 10.7 Å². The van der Waals surface area contributed by atoms with E-state index in [-0.39, 0.29) is 29.8 Å². The molecule has 4 rings (SSSR count). The Kier molecular flexibility index (Phi) is 6.38. The minimum atomic E-state index is -0.238. The van der Waals surface area contributed by atoms with E-state index in [1.165, 1.54) is 11.8 Å². The monoisotopic (exact) mass is 442 g/mol. The summed E-state index contributed by atoms with van der Waals surface area (Å²) in [6.45, 7) is 2.50. The van der Waals surface area contributed by atoms with Crippen LogP contribution in [0.3, 0.4) is 0 Å². The third-order valence-electron chi connectivity index (χ3n) is 5.07. The summed E-state index contributed by atoms with van der Waals surface area (Å²) in [5, 5.41) is 12.9. The lowest BCUT2D eigenvalue weighted by molar-refractivity contribution is -0.118. The SMILES string of the molecule is CC1NNC2N=C(SCC(=O)NCc3ccccc3)N(c3cccc(Cl)c3)C(=N)C12. The average molecular weight is 443 g/mol. The van der Waals surface area contributed by atoms with Crippen LogP contribution >= 0.6 is 23.4 Å². The molecule has 0 aliphatic carbocycles. The summed E-state index contributed by atoms with van der Waals surface area (Å²) in [5.74, 6) is 0.433. The number of hydrogen-bond acceptors (Lipinski definition) is 6. The summed E-state index contributed by atoms with van der Waals surface area (Å²) >= 11 is 7.51. The number of hydrogen-bond donors (Lipinski definition) is 4. The van der Waals surface area contributed by atoms with Crippen molar-refractivity contribution in [3.05, 3.63) is 65.2 Å². The first-order valence-corrected chi connectivity index (χ1v) is 11.1. The number of fused-ring (bicyclic) bond motifs is 1. The molecule has 9 heteroatoms. The predicted molar refractivity (Wildman–Crippen MR) is 123 cm³/mol. The Bertz CT molecular complexity index is 969. The molecule has 3 unspecified atom stereocenters. The number of amides is 1. The topological polar surface area (TPSA) is 92.6 Å². The summed E-state index contributed by atoms with van der Waals surface area (Å²) in [4.78, 5) is 19.0. The second kappa shape index (κ2) is 9.18. The van der Waals surface area contributed by atoms with Crippen LogP contribution in [-0.4, -0.2) is 34.9 Å². The van der Waals surface area contributed by atoms with Crippen LogP contribution in [0.4, 0.5) is 5.69 Å². The molecule has 1 amide bonds. The molecule has 2 aliphatic rings. The maximum Gasteiger partial charge on any atom is 0.230 e. The van der Waals surface area contributed by atoms with Gasteiger partial charge in [0, 0.05) is 17.6 Å². The molecule has 30 heavy (non-hydrogen) atoms. The Morgan fingerprint density at radius 3 is 2.80 bits per heavy atom. The number of aliphatic imine (C=N–C) groups is 1. The number of carbonyl (C=O) groups is 1. The summed E-state index contributed by atoms with van der Waals surface area (Å²) in [5.41, 5.74) is 8.11. The van der Waals surface area contributed by atoms with Gasteiger partial charge in [0.15, 0.2) is 5.17 Å². The molecule has 0 aromatic heterocycles. The van der Waals surface area contributed by atoms with Gasteiger partial charge in [0.1, 0.15) is 12.0 Å². The first-order valence-electron chi connectivity index (χ1n) is 9.69. The highest BCUT2D eigenvalue weighted by Crippen LogP contribution is 2.32. The van der Waals surface area contributed by atoms with Gasteiger partial charge in [-0.05, 0) is 30.7 Å². The van der Waals surface area contributed by atoms with Crippen molar-refractivity contribution in [2.24, 2.45) is 10.9 Å². The van der Waals surface area contributed by atoms with Crippen LogP contribution in [0.5, 0.6) is 0 Å². The van der Waals surface area contributed by atoms with Gasteiger partial charge < -0.3 is 5.32 Å². The zero-order valence-electron chi connectivity index (χ0n) is 16.4. The summed E-state index contributed by atoms with van der Waals surface area (Å²) in [6.07, 6.45) is -0.238. The minimum Gasteiger partial charge on any atom is -0.351 e. The van der Waals surface area contributed by atoms with Crippen molar-refractivity contribution in [1.29, 1.82) is 5.41 Å². The number of anilines is 1. The number of amidine groups is 2. The standard InChI is InChI=1S/C21H23ClN6OS/c1-13-18-19(23)28(16-9-5-8-15(22)10-16)21(25-20(18)27-26-13)30-12-17(29)24-11-14-6-3-2-4-7-14/h2-10,13,18,20,23,26-27H,11-12H2,1H3,(H,24,29). The Morgan fingerprint density at radius 2 is 2.03 bits per heavy atom. The summed E-state index contributed by atoms with van der Waals surface area (Å²) < 4.78 is 0. The zero-order chi connectivity index (χ0) is 21.1. The molecular weight excluding hydrogens is 420 g/mol. The van der Waals surface area contributed by atoms with E-state index < -0.39 is 0 Å². The molecule has 4 N–H and O–H groups in total. The first kappa shape index (κ1) is 20.9. The number of hydrazine groups is 1. The van der Waals surface area contributed by atoms with Gasteiger partial charge in [0.2, 0.25) is 5.91 Å². The molecule has 2 aliphatic heterocycles. The van der Waals surface area contributed by atoms with Crippen LogP contribution in [0.25, 0.3) is 0 Å². The van der Waals surface area contributed by atoms with Gasteiger partial charge in [-0.15, -0.1) is 0 Å². The number of nitrogens with one attached hydrogen (secondary N) is 4. The molecule has 0 spiro atoms. The number of carbonyl (C=O) groups excluding carboxylic acids is 1. The maximum atomic E-state index is 12.4. The predicted octanol–water partition coefficient (Wildman–Crippen LogP) is 2.98. The largest absolute Gasteiger partial charge is 0.351 e. The Balaban J connectivity index is 1.49. The van der Waals surface area contributed by atoms with E-state index in [0.29, 0.717) is 22.6 Å². The second-order valence-electron chi connectivity index (χ2n) is 7.21. The lowest BCUT2D eigenvalue weighted by atomic mass is 9.97. The molecule has 0 radical (unpaired) electrons. The van der Waals surface area contributed by atoms with Crippen LogP contribution in [0.2, 0.25) is 5.02 Å². The molecule has 7 nitrogen and oxygen atoms in total. The normalized spacial score (nSPS) is 23.1. The third-order valence-corrected chi connectivity index (χ3v) is 6.25. The van der Waals surface area contributed by atoms with Crippen LogP contribution in [0.15, 0.2) is 59.6 Å². The molecule has 2 aromatic rings. The molecule has 1 saturated heterocycles. The number of benzene rings is 2. The lowest BCUT2D eigenvalue weighted by Crippen LogP contribution is -2.50. The summed E-state index contributed by atoms with van der Waals surface area (Å²) in [6, 6.07) is 17.2. The lowest BCUT2D eigenvalue weighted by Gasteiger charge is -2.36.